The molecule has 0 bridgehead atoms. The van der Waals surface area contributed by atoms with Crippen molar-refractivity contribution in [1.82, 2.24) is 5.32 Å². The van der Waals surface area contributed by atoms with Crippen LogP contribution < -0.4 is 15.5 Å². The summed E-state index contributed by atoms with van der Waals surface area (Å²) in [5.41, 5.74) is 4.07. The minimum Gasteiger partial charge on any atom is -0.457 e. The number of hydrogen-bond acceptors (Lipinski definition) is 4. The Morgan fingerprint density at radius 1 is 1.06 bits per heavy atom. The van der Waals surface area contributed by atoms with Crippen molar-refractivity contribution in [2.24, 2.45) is 0 Å². The maximum Gasteiger partial charge on any atom is 0.250 e. The summed E-state index contributed by atoms with van der Waals surface area (Å²) in [7, 11) is 0. The number of amides is 1. The van der Waals surface area contributed by atoms with Crippen LogP contribution in [0, 0.1) is 6.92 Å². The van der Waals surface area contributed by atoms with Crippen LogP contribution in [0.2, 0.25) is 0 Å². The van der Waals surface area contributed by atoms with Gasteiger partial charge in [0, 0.05) is 36.1 Å². The predicted octanol–water partition coefficient (Wildman–Crippen LogP) is 5.63. The number of benzene rings is 2. The molecule has 0 unspecified atom stereocenters. The fraction of sp³-hybridized carbons (Fsp3) is 0.200. The second kappa shape index (κ2) is 10.6. The molecule has 0 radical (unpaired) electrons. The van der Waals surface area contributed by atoms with E-state index in [1.807, 2.05) is 61.5 Å². The van der Waals surface area contributed by atoms with Crippen molar-refractivity contribution in [2.45, 2.75) is 20.8 Å². The highest BCUT2D eigenvalue weighted by Gasteiger charge is 2.08. The van der Waals surface area contributed by atoms with Gasteiger partial charge in [-0.1, -0.05) is 30.3 Å². The Morgan fingerprint density at radius 3 is 2.48 bits per heavy atom. The molecule has 31 heavy (non-hydrogen) atoms. The molecule has 0 spiro atoms. The van der Waals surface area contributed by atoms with Crippen LogP contribution in [0.5, 0.6) is 0 Å². The second-order valence-electron chi connectivity index (χ2n) is 7.02. The van der Waals surface area contributed by atoms with Crippen LogP contribution in [0.3, 0.4) is 0 Å². The number of rotatable bonds is 7. The van der Waals surface area contributed by atoms with Gasteiger partial charge in [0.05, 0.1) is 0 Å². The molecule has 1 heterocycles. The lowest BCUT2D eigenvalue weighted by Gasteiger charge is -2.22. The third-order valence-electron chi connectivity index (χ3n) is 4.91. The van der Waals surface area contributed by atoms with Gasteiger partial charge in [-0.05, 0) is 75.0 Å². The fourth-order valence-corrected chi connectivity index (χ4v) is 3.45. The summed E-state index contributed by atoms with van der Waals surface area (Å²) in [6.07, 6.45) is 3.02. The number of anilines is 2. The van der Waals surface area contributed by atoms with E-state index in [0.717, 1.165) is 35.7 Å². The molecule has 5 nitrogen and oxygen atoms in total. The highest BCUT2D eigenvalue weighted by molar-refractivity contribution is 7.80. The summed E-state index contributed by atoms with van der Waals surface area (Å²) in [4.78, 5) is 14.5. The van der Waals surface area contributed by atoms with E-state index < -0.39 is 0 Å². The SMILES string of the molecule is CCN(CC)c1ccc(NC(=S)NC(=O)/C=C/c2ccc(-c3ccccc3)o2)c(C)c1. The molecular weight excluding hydrogens is 406 g/mol. The molecule has 3 aromatic rings. The Bertz CT molecular complexity index is 1070. The Morgan fingerprint density at radius 2 is 1.81 bits per heavy atom. The first-order valence-electron chi connectivity index (χ1n) is 10.3. The molecule has 3 rings (SSSR count). The van der Waals surface area contributed by atoms with E-state index in [-0.39, 0.29) is 11.0 Å². The summed E-state index contributed by atoms with van der Waals surface area (Å²) in [5, 5.41) is 6.01. The summed E-state index contributed by atoms with van der Waals surface area (Å²) in [5.74, 6) is 1.02. The van der Waals surface area contributed by atoms with Crippen LogP contribution in [0.15, 0.2) is 71.2 Å². The van der Waals surface area contributed by atoms with Crippen molar-refractivity contribution in [3.8, 4) is 11.3 Å². The van der Waals surface area contributed by atoms with E-state index in [9.17, 15) is 4.79 Å². The van der Waals surface area contributed by atoms with E-state index in [0.29, 0.717) is 5.76 Å². The Hall–Kier alpha value is -3.38. The van der Waals surface area contributed by atoms with Crippen molar-refractivity contribution in [2.75, 3.05) is 23.3 Å². The lowest BCUT2D eigenvalue weighted by atomic mass is 10.1. The minimum absolute atomic E-state index is 0.248. The molecule has 1 aromatic heterocycles. The summed E-state index contributed by atoms with van der Waals surface area (Å²) < 4.78 is 5.77. The third kappa shape index (κ3) is 6.06. The Labute approximate surface area is 188 Å². The maximum absolute atomic E-state index is 12.2. The largest absolute Gasteiger partial charge is 0.457 e. The predicted molar refractivity (Wildman–Crippen MR) is 132 cm³/mol. The second-order valence-corrected chi connectivity index (χ2v) is 7.42. The molecule has 0 aliphatic rings. The number of carbonyl (C=O) groups is 1. The van der Waals surface area contributed by atoms with Gasteiger partial charge >= 0.3 is 0 Å². The molecule has 0 aliphatic heterocycles. The van der Waals surface area contributed by atoms with Gasteiger partial charge in [-0.25, -0.2) is 0 Å². The molecule has 0 atom stereocenters. The summed E-state index contributed by atoms with van der Waals surface area (Å²) >= 11 is 5.29. The average molecular weight is 434 g/mol. The van der Waals surface area contributed by atoms with Gasteiger partial charge in [-0.15, -0.1) is 0 Å². The van der Waals surface area contributed by atoms with Crippen LogP contribution in [0.4, 0.5) is 11.4 Å². The average Bonchev–Trinajstić information content (AvgIpc) is 3.25. The molecule has 0 saturated heterocycles. The van der Waals surface area contributed by atoms with Crippen LogP contribution in [-0.4, -0.2) is 24.1 Å². The van der Waals surface area contributed by atoms with Crippen LogP contribution in [0.1, 0.15) is 25.2 Å². The summed E-state index contributed by atoms with van der Waals surface area (Å²) in [6, 6.07) is 19.6. The molecule has 1 amide bonds. The minimum atomic E-state index is -0.326. The highest BCUT2D eigenvalue weighted by Crippen LogP contribution is 2.23. The number of nitrogens with one attached hydrogen (secondary N) is 2. The lowest BCUT2D eigenvalue weighted by molar-refractivity contribution is -0.115. The molecule has 2 N–H and O–H groups in total. The van der Waals surface area contributed by atoms with Gasteiger partial charge in [0.1, 0.15) is 11.5 Å². The van der Waals surface area contributed by atoms with Crippen LogP contribution in [-0.2, 0) is 4.79 Å². The molecular formula is C25H27N3O2S. The molecule has 0 saturated carbocycles. The van der Waals surface area contributed by atoms with Gasteiger partial charge in [0.25, 0.3) is 0 Å². The number of carbonyl (C=O) groups excluding carboxylic acids is 1. The molecule has 2 aromatic carbocycles. The zero-order valence-corrected chi connectivity index (χ0v) is 18.8. The van der Waals surface area contributed by atoms with Crippen LogP contribution >= 0.6 is 12.2 Å². The normalized spacial score (nSPS) is 10.8. The van der Waals surface area contributed by atoms with Crippen molar-refractivity contribution in [1.29, 1.82) is 0 Å². The quantitative estimate of drug-likeness (QED) is 0.374. The molecule has 0 fully saturated rings. The number of hydrogen-bond donors (Lipinski definition) is 2. The van der Waals surface area contributed by atoms with Crippen molar-refractivity contribution in [3.05, 3.63) is 78.1 Å². The molecule has 0 aliphatic carbocycles. The van der Waals surface area contributed by atoms with Crippen molar-refractivity contribution < 1.29 is 9.21 Å². The van der Waals surface area contributed by atoms with Gasteiger partial charge in [-0.3, -0.25) is 10.1 Å². The molecule has 160 valence electrons. The van der Waals surface area contributed by atoms with Gasteiger partial charge in [-0.2, -0.15) is 0 Å². The first kappa shape index (κ1) is 22.3. The van der Waals surface area contributed by atoms with Crippen LogP contribution in [0.25, 0.3) is 17.4 Å². The molecule has 6 heteroatoms. The standard InChI is InChI=1S/C25H27N3O2S/c1-4-28(5-2)20-11-14-22(18(3)17-20)26-25(31)27-24(29)16-13-21-12-15-23(30-21)19-9-7-6-8-10-19/h6-17H,4-5H2,1-3H3,(H2,26,27,29,31)/b16-13+. The fourth-order valence-electron chi connectivity index (χ4n) is 3.24. The monoisotopic (exact) mass is 433 g/mol. The third-order valence-corrected chi connectivity index (χ3v) is 5.11. The number of nitrogens with zero attached hydrogens (tertiary/aromatic N) is 1. The van der Waals surface area contributed by atoms with Gasteiger partial charge in [0.15, 0.2) is 5.11 Å². The zero-order valence-electron chi connectivity index (χ0n) is 18.0. The Balaban J connectivity index is 1.56. The summed E-state index contributed by atoms with van der Waals surface area (Å²) in [6.45, 7) is 8.18. The highest BCUT2D eigenvalue weighted by atomic mass is 32.1. The topological polar surface area (TPSA) is 57.5 Å². The van der Waals surface area contributed by atoms with E-state index in [4.69, 9.17) is 16.6 Å². The number of furan rings is 1. The first-order chi connectivity index (χ1) is 15.0. The van der Waals surface area contributed by atoms with Gasteiger partial charge < -0.3 is 14.6 Å². The van der Waals surface area contributed by atoms with E-state index in [1.165, 1.54) is 11.8 Å². The van der Waals surface area contributed by atoms with Crippen molar-refractivity contribution >= 4 is 40.7 Å². The lowest BCUT2D eigenvalue weighted by Crippen LogP contribution is -2.33. The van der Waals surface area contributed by atoms with E-state index in [2.05, 4.69) is 35.4 Å². The number of thiocarbonyl (C=S) groups is 1. The maximum atomic E-state index is 12.2. The Kier molecular flexibility index (Phi) is 7.62. The van der Waals surface area contributed by atoms with Crippen molar-refractivity contribution in [3.63, 3.8) is 0 Å². The zero-order chi connectivity index (χ0) is 22.2. The smallest absolute Gasteiger partial charge is 0.250 e. The van der Waals surface area contributed by atoms with E-state index >= 15 is 0 Å². The van der Waals surface area contributed by atoms with E-state index in [1.54, 1.807) is 6.08 Å². The number of aryl methyl sites for hydroxylation is 1. The first-order valence-corrected chi connectivity index (χ1v) is 10.7. The van der Waals surface area contributed by atoms with Gasteiger partial charge in [0.2, 0.25) is 5.91 Å².